The summed E-state index contributed by atoms with van der Waals surface area (Å²) in [5.41, 5.74) is 4.86. The van der Waals surface area contributed by atoms with Crippen molar-refractivity contribution in [3.63, 3.8) is 0 Å². The molecule has 5 aromatic rings. The molecule has 0 bridgehead atoms. The molecule has 0 saturated heterocycles. The summed E-state index contributed by atoms with van der Waals surface area (Å²) in [7, 11) is 0. The molecule has 1 heterocycles. The van der Waals surface area contributed by atoms with Crippen molar-refractivity contribution in [1.82, 2.24) is 9.55 Å². The first-order chi connectivity index (χ1) is 16.6. The fourth-order valence-electron chi connectivity index (χ4n) is 4.57. The number of carboxylic acid groups (broad SMARTS) is 1. The number of fused-ring (bicyclic) bond motifs is 2. The number of hydrogen-bond acceptors (Lipinski definition) is 3. The zero-order chi connectivity index (χ0) is 23.2. The normalized spacial score (nSPS) is 14.1. The first kappa shape index (κ1) is 25.0. The van der Waals surface area contributed by atoms with Gasteiger partial charge in [0, 0.05) is 10.4 Å². The van der Waals surface area contributed by atoms with Gasteiger partial charge in [0.15, 0.2) is 5.16 Å². The minimum atomic E-state index is -0.917. The van der Waals surface area contributed by atoms with Crippen molar-refractivity contribution < 1.29 is 9.90 Å². The topological polar surface area (TPSA) is 55.1 Å². The molecule has 0 aliphatic heterocycles. The van der Waals surface area contributed by atoms with Crippen molar-refractivity contribution in [2.45, 2.75) is 29.2 Å². The van der Waals surface area contributed by atoms with Crippen LogP contribution in [0.15, 0.2) is 90.1 Å². The fraction of sp³-hybridized carbons (Fsp3) is 0.143. The molecule has 1 aliphatic rings. The number of halogens is 1. The van der Waals surface area contributed by atoms with E-state index in [1.165, 1.54) is 35.6 Å². The molecule has 4 nitrogen and oxygen atoms in total. The quantitative estimate of drug-likeness (QED) is 0.192. The summed E-state index contributed by atoms with van der Waals surface area (Å²) in [4.78, 5) is 17.2. The molecule has 1 fully saturated rings. The third kappa shape index (κ3) is 4.86. The molecule has 4 aromatic carbocycles. The van der Waals surface area contributed by atoms with E-state index in [4.69, 9.17) is 16.6 Å². The summed E-state index contributed by atoms with van der Waals surface area (Å²) < 4.78 is 2.10. The van der Waals surface area contributed by atoms with E-state index < -0.39 is 11.2 Å². The molecular weight excluding hydrogens is 503 g/mol. The Morgan fingerprint density at radius 3 is 2.34 bits per heavy atom. The molecule has 1 atom stereocenters. The van der Waals surface area contributed by atoms with Crippen LogP contribution in [0.4, 0.5) is 0 Å². The summed E-state index contributed by atoms with van der Waals surface area (Å²) in [5, 5.41) is 12.9. The molecule has 1 unspecified atom stereocenters. The molecule has 0 amide bonds. The summed E-state index contributed by atoms with van der Waals surface area (Å²) in [6.07, 6.45) is 2.47. The number of aliphatic carboxylic acids is 1. The molecular formula is C28H22ClKN2O2S. The number of benzene rings is 4. The van der Waals surface area contributed by atoms with Gasteiger partial charge in [0.1, 0.15) is 5.25 Å². The Bertz CT molecular complexity index is 1550. The Kier molecular flexibility index (Phi) is 7.42. The van der Waals surface area contributed by atoms with Gasteiger partial charge in [-0.15, -0.1) is 0 Å². The molecule has 7 heteroatoms. The Morgan fingerprint density at radius 1 is 0.943 bits per heavy atom. The number of para-hydroxylation sites is 2. The van der Waals surface area contributed by atoms with Gasteiger partial charge in [0.25, 0.3) is 0 Å². The Labute approximate surface area is 255 Å². The minimum absolute atomic E-state index is 0. The Hall–Kier alpha value is -1.64. The van der Waals surface area contributed by atoms with Crippen LogP contribution in [-0.4, -0.2) is 72.0 Å². The maximum atomic E-state index is 12.3. The summed E-state index contributed by atoms with van der Waals surface area (Å²) >= 11 is 7.28. The van der Waals surface area contributed by atoms with E-state index in [0.717, 1.165) is 22.1 Å². The maximum absolute atomic E-state index is 12.3. The van der Waals surface area contributed by atoms with E-state index in [1.54, 1.807) is 24.3 Å². The zero-order valence-electron chi connectivity index (χ0n) is 18.2. The van der Waals surface area contributed by atoms with E-state index >= 15 is 0 Å². The number of imidazole rings is 1. The number of hydrogen-bond donors (Lipinski definition) is 1. The van der Waals surface area contributed by atoms with Crippen LogP contribution in [0, 0.1) is 0 Å². The van der Waals surface area contributed by atoms with Crippen LogP contribution in [0.2, 0.25) is 5.02 Å². The number of carboxylic acids is 1. The van der Waals surface area contributed by atoms with E-state index in [1.807, 2.05) is 24.3 Å². The van der Waals surface area contributed by atoms with Crippen molar-refractivity contribution in [3.8, 4) is 5.69 Å². The monoisotopic (exact) mass is 524 g/mol. The van der Waals surface area contributed by atoms with Gasteiger partial charge in [0.2, 0.25) is 0 Å². The second-order valence-electron chi connectivity index (χ2n) is 8.60. The van der Waals surface area contributed by atoms with E-state index in [-0.39, 0.29) is 51.4 Å². The van der Waals surface area contributed by atoms with Crippen molar-refractivity contribution in [2.24, 2.45) is 0 Å². The average molecular weight is 525 g/mol. The van der Waals surface area contributed by atoms with Crippen LogP contribution in [0.1, 0.15) is 35.1 Å². The fourth-order valence-corrected chi connectivity index (χ4v) is 5.76. The first-order valence-electron chi connectivity index (χ1n) is 11.2. The first-order valence-corrected chi connectivity index (χ1v) is 12.5. The van der Waals surface area contributed by atoms with Crippen molar-refractivity contribution in [2.75, 3.05) is 0 Å². The van der Waals surface area contributed by atoms with E-state index in [2.05, 4.69) is 41.0 Å². The van der Waals surface area contributed by atoms with Crippen molar-refractivity contribution >= 4 is 103 Å². The predicted octanol–water partition coefficient (Wildman–Crippen LogP) is 6.98. The van der Waals surface area contributed by atoms with Gasteiger partial charge in [-0.1, -0.05) is 78.0 Å². The summed E-state index contributed by atoms with van der Waals surface area (Å²) in [6.45, 7) is 0. The van der Waals surface area contributed by atoms with E-state index in [9.17, 15) is 9.90 Å². The van der Waals surface area contributed by atoms with Crippen LogP contribution in [0.25, 0.3) is 27.5 Å². The number of thioether (sulfide) groups is 1. The summed E-state index contributed by atoms with van der Waals surface area (Å²) in [5.74, 6) is -0.284. The molecule has 1 N–H and O–H groups in total. The van der Waals surface area contributed by atoms with Crippen LogP contribution in [0.3, 0.4) is 0 Å². The standard InChI is InChI=1S/C28H21ClN2O2S.K.H/c29-19-13-11-18(12-14-19)26(27(32)33)34-28-30-23-7-3-4-8-25(23)31(28)24-16-15-20(17-9-10-17)21-5-1-2-6-22(21)24;;/h1-8,11-17,26H,9-10H2,(H,32,33);;. The van der Waals surface area contributed by atoms with E-state index in [0.29, 0.717) is 21.7 Å². The third-order valence-corrected chi connectivity index (χ3v) is 7.79. The molecule has 1 aromatic heterocycles. The van der Waals surface area contributed by atoms with Gasteiger partial charge >= 0.3 is 57.4 Å². The Morgan fingerprint density at radius 2 is 1.63 bits per heavy atom. The third-order valence-electron chi connectivity index (χ3n) is 6.34. The summed E-state index contributed by atoms with van der Waals surface area (Å²) in [6, 6.07) is 27.8. The van der Waals surface area contributed by atoms with Crippen LogP contribution in [0.5, 0.6) is 0 Å². The van der Waals surface area contributed by atoms with Crippen LogP contribution >= 0.6 is 23.4 Å². The number of carbonyl (C=O) groups is 1. The van der Waals surface area contributed by atoms with Crippen molar-refractivity contribution in [3.05, 3.63) is 101 Å². The van der Waals surface area contributed by atoms with Gasteiger partial charge in [-0.05, 0) is 65.6 Å². The van der Waals surface area contributed by atoms with Gasteiger partial charge in [0.05, 0.1) is 16.7 Å². The van der Waals surface area contributed by atoms with Gasteiger partial charge < -0.3 is 5.11 Å². The van der Waals surface area contributed by atoms with Gasteiger partial charge in [-0.2, -0.15) is 0 Å². The van der Waals surface area contributed by atoms with Crippen LogP contribution in [-0.2, 0) is 4.79 Å². The molecule has 0 radical (unpaired) electrons. The Balaban J connectivity index is 0.00000253. The second kappa shape index (κ2) is 10.4. The molecule has 1 saturated carbocycles. The molecule has 35 heavy (non-hydrogen) atoms. The number of nitrogens with zero attached hydrogens (tertiary/aromatic N) is 2. The molecule has 1 aliphatic carbocycles. The zero-order valence-corrected chi connectivity index (χ0v) is 19.8. The van der Waals surface area contributed by atoms with Crippen LogP contribution < -0.4 is 0 Å². The SMILES string of the molecule is O=C(O)C(Sc1nc2ccccc2n1-c1ccc(C2CC2)c2ccccc12)c1ccc(Cl)cc1.[KH]. The predicted molar refractivity (Wildman–Crippen MR) is 145 cm³/mol. The number of rotatable bonds is 6. The molecule has 170 valence electrons. The van der Waals surface area contributed by atoms with Gasteiger partial charge in [-0.25, -0.2) is 4.98 Å². The second-order valence-corrected chi connectivity index (χ2v) is 10.1. The molecule has 0 spiro atoms. The van der Waals surface area contributed by atoms with Crippen molar-refractivity contribution in [1.29, 1.82) is 0 Å². The number of aromatic nitrogens is 2. The average Bonchev–Trinajstić information content (AvgIpc) is 3.63. The molecule has 6 rings (SSSR count). The van der Waals surface area contributed by atoms with Gasteiger partial charge in [-0.3, -0.25) is 9.36 Å².